The van der Waals surface area contributed by atoms with Gasteiger partial charge in [-0.15, -0.1) is 11.3 Å². The fourth-order valence-corrected chi connectivity index (χ4v) is 3.09. The summed E-state index contributed by atoms with van der Waals surface area (Å²) in [6.45, 7) is 0. The van der Waals surface area contributed by atoms with Crippen LogP contribution in [0.3, 0.4) is 0 Å². The number of carbonyl (C=O) groups is 1. The molecule has 0 amide bonds. The predicted octanol–water partition coefficient (Wildman–Crippen LogP) is 4.58. The van der Waals surface area contributed by atoms with Gasteiger partial charge in [0, 0.05) is 23.1 Å². The average molecular weight is 354 g/mol. The van der Waals surface area contributed by atoms with Crippen LogP contribution in [-0.2, 0) is 11.2 Å². The highest BCUT2D eigenvalue weighted by Gasteiger charge is 2.06. The van der Waals surface area contributed by atoms with Crippen molar-refractivity contribution in [3.63, 3.8) is 0 Å². The van der Waals surface area contributed by atoms with Crippen molar-refractivity contribution in [3.05, 3.63) is 59.5 Å². The van der Waals surface area contributed by atoms with Crippen molar-refractivity contribution in [2.24, 2.45) is 0 Å². The lowest BCUT2D eigenvalue weighted by Gasteiger charge is -2.04. The number of aryl methyl sites for hydroxylation is 1. The molecule has 0 aliphatic rings. The van der Waals surface area contributed by atoms with Crippen LogP contribution < -0.4 is 10.1 Å². The average Bonchev–Trinajstić information content (AvgIpc) is 3.09. The van der Waals surface area contributed by atoms with Gasteiger partial charge in [0.1, 0.15) is 5.75 Å². The first-order valence-corrected chi connectivity index (χ1v) is 8.70. The predicted molar refractivity (Wildman–Crippen MR) is 99.8 cm³/mol. The van der Waals surface area contributed by atoms with Gasteiger partial charge in [0.15, 0.2) is 5.13 Å². The molecule has 0 aliphatic carbocycles. The Balaban J connectivity index is 1.65. The molecule has 0 aliphatic heterocycles. The molecule has 5 nitrogen and oxygen atoms in total. The van der Waals surface area contributed by atoms with Crippen molar-refractivity contribution < 1.29 is 14.6 Å². The van der Waals surface area contributed by atoms with Crippen molar-refractivity contribution >= 4 is 28.1 Å². The van der Waals surface area contributed by atoms with Gasteiger partial charge in [0.2, 0.25) is 0 Å². The Bertz CT molecular complexity index is 842. The number of hydrogen-bond acceptors (Lipinski definition) is 5. The number of ether oxygens (including phenoxy) is 1. The lowest BCUT2D eigenvalue weighted by Crippen LogP contribution is -1.97. The van der Waals surface area contributed by atoms with E-state index < -0.39 is 5.97 Å². The second kappa shape index (κ2) is 7.81. The fourth-order valence-electron chi connectivity index (χ4n) is 2.36. The number of methoxy groups -OCH3 is 1. The smallest absolute Gasteiger partial charge is 0.303 e. The maximum absolute atomic E-state index is 10.6. The molecule has 0 radical (unpaired) electrons. The van der Waals surface area contributed by atoms with Crippen molar-refractivity contribution in [1.29, 1.82) is 0 Å². The van der Waals surface area contributed by atoms with Crippen LogP contribution in [0.4, 0.5) is 10.8 Å². The summed E-state index contributed by atoms with van der Waals surface area (Å²) in [6.07, 6.45) is 0.680. The summed E-state index contributed by atoms with van der Waals surface area (Å²) in [7, 11) is 1.65. The van der Waals surface area contributed by atoms with Crippen LogP contribution in [0, 0.1) is 0 Å². The summed E-state index contributed by atoms with van der Waals surface area (Å²) in [6, 6.07) is 15.5. The van der Waals surface area contributed by atoms with Gasteiger partial charge in [0.05, 0.1) is 12.8 Å². The van der Waals surface area contributed by atoms with Gasteiger partial charge in [-0.25, -0.2) is 4.98 Å². The van der Waals surface area contributed by atoms with Gasteiger partial charge in [-0.05, 0) is 48.4 Å². The van der Waals surface area contributed by atoms with Crippen LogP contribution in [0.5, 0.6) is 5.75 Å². The molecule has 1 aromatic heterocycles. The molecule has 0 atom stereocenters. The largest absolute Gasteiger partial charge is 0.497 e. The summed E-state index contributed by atoms with van der Waals surface area (Å²) in [5.41, 5.74) is 3.88. The van der Waals surface area contributed by atoms with Gasteiger partial charge in [-0.2, -0.15) is 0 Å². The number of thiazole rings is 1. The number of hydrogen-bond donors (Lipinski definition) is 2. The highest BCUT2D eigenvalue weighted by atomic mass is 32.1. The lowest BCUT2D eigenvalue weighted by molar-refractivity contribution is -0.136. The van der Waals surface area contributed by atoms with E-state index in [1.165, 1.54) is 11.3 Å². The van der Waals surface area contributed by atoms with Crippen molar-refractivity contribution in [2.75, 3.05) is 12.4 Å². The van der Waals surface area contributed by atoms with E-state index >= 15 is 0 Å². The van der Waals surface area contributed by atoms with E-state index in [-0.39, 0.29) is 6.42 Å². The van der Waals surface area contributed by atoms with Gasteiger partial charge in [-0.1, -0.05) is 12.1 Å². The number of aromatic nitrogens is 1. The zero-order chi connectivity index (χ0) is 17.6. The van der Waals surface area contributed by atoms with E-state index in [4.69, 9.17) is 9.84 Å². The van der Waals surface area contributed by atoms with Gasteiger partial charge < -0.3 is 15.2 Å². The second-order valence-electron chi connectivity index (χ2n) is 5.48. The molecule has 0 unspecified atom stereocenters. The number of nitrogens with zero attached hydrogens (tertiary/aromatic N) is 1. The van der Waals surface area contributed by atoms with E-state index in [1.807, 2.05) is 53.9 Å². The molecule has 6 heteroatoms. The van der Waals surface area contributed by atoms with E-state index in [9.17, 15) is 4.79 Å². The van der Waals surface area contributed by atoms with Crippen molar-refractivity contribution in [3.8, 4) is 17.0 Å². The Morgan fingerprint density at radius 3 is 2.52 bits per heavy atom. The number of nitrogens with one attached hydrogen (secondary N) is 1. The Morgan fingerprint density at radius 1 is 1.16 bits per heavy atom. The normalized spacial score (nSPS) is 10.4. The number of aliphatic carboxylic acids is 1. The van der Waals surface area contributed by atoms with Crippen molar-refractivity contribution in [1.82, 2.24) is 4.98 Å². The monoisotopic (exact) mass is 354 g/mol. The molecule has 2 aromatic carbocycles. The number of rotatable bonds is 7. The molecule has 128 valence electrons. The molecule has 0 saturated heterocycles. The number of carboxylic acids is 1. The van der Waals surface area contributed by atoms with Crippen LogP contribution in [0.2, 0.25) is 0 Å². The minimum Gasteiger partial charge on any atom is -0.497 e. The summed E-state index contributed by atoms with van der Waals surface area (Å²) >= 11 is 1.54. The molecule has 0 saturated carbocycles. The molecule has 2 N–H and O–H groups in total. The van der Waals surface area contributed by atoms with Crippen LogP contribution in [-0.4, -0.2) is 23.2 Å². The van der Waals surface area contributed by atoms with Crippen LogP contribution in [0.15, 0.2) is 53.9 Å². The summed E-state index contributed by atoms with van der Waals surface area (Å²) in [5, 5.41) is 14.8. The zero-order valence-electron chi connectivity index (χ0n) is 13.7. The maximum atomic E-state index is 10.6. The second-order valence-corrected chi connectivity index (χ2v) is 6.34. The Labute approximate surface area is 149 Å². The zero-order valence-corrected chi connectivity index (χ0v) is 14.5. The SMILES string of the molecule is COc1ccc(-c2csc(Nc3ccc(CCC(=O)O)cc3)n2)cc1. The standard InChI is InChI=1S/C19H18N2O3S/c1-24-16-9-5-14(6-10-16)17-12-25-19(21-17)20-15-7-2-13(3-8-15)4-11-18(22)23/h2-3,5-10,12H,4,11H2,1H3,(H,20,21)(H,22,23). The summed E-state index contributed by atoms with van der Waals surface area (Å²) in [5.74, 6) is 0.0383. The molecule has 3 rings (SSSR count). The van der Waals surface area contributed by atoms with Crippen LogP contribution in [0.1, 0.15) is 12.0 Å². The number of anilines is 2. The molecule has 3 aromatic rings. The third kappa shape index (κ3) is 4.58. The van der Waals surface area contributed by atoms with Crippen LogP contribution in [0.25, 0.3) is 11.3 Å². The van der Waals surface area contributed by atoms with Crippen LogP contribution >= 0.6 is 11.3 Å². The molecular formula is C19H18N2O3S. The minimum absolute atomic E-state index is 0.143. The van der Waals surface area contributed by atoms with Gasteiger partial charge in [0.25, 0.3) is 0 Å². The Morgan fingerprint density at radius 2 is 1.88 bits per heavy atom. The van der Waals surface area contributed by atoms with E-state index in [2.05, 4.69) is 10.3 Å². The highest BCUT2D eigenvalue weighted by molar-refractivity contribution is 7.14. The summed E-state index contributed by atoms with van der Waals surface area (Å²) in [4.78, 5) is 15.2. The number of carboxylic acid groups (broad SMARTS) is 1. The maximum Gasteiger partial charge on any atom is 0.303 e. The Kier molecular flexibility index (Phi) is 5.30. The first-order valence-electron chi connectivity index (χ1n) is 7.82. The minimum atomic E-state index is -0.781. The molecule has 0 fully saturated rings. The molecule has 25 heavy (non-hydrogen) atoms. The van der Waals surface area contributed by atoms with Gasteiger partial charge >= 0.3 is 5.97 Å². The molecule has 0 bridgehead atoms. The highest BCUT2D eigenvalue weighted by Crippen LogP contribution is 2.28. The fraction of sp³-hybridized carbons (Fsp3) is 0.158. The number of benzene rings is 2. The Hall–Kier alpha value is -2.86. The van der Waals surface area contributed by atoms with Gasteiger partial charge in [-0.3, -0.25) is 4.79 Å². The lowest BCUT2D eigenvalue weighted by atomic mass is 10.1. The summed E-state index contributed by atoms with van der Waals surface area (Å²) < 4.78 is 5.17. The third-order valence-electron chi connectivity index (χ3n) is 3.72. The quantitative estimate of drug-likeness (QED) is 0.650. The first-order chi connectivity index (χ1) is 12.1. The van der Waals surface area contributed by atoms with Crippen molar-refractivity contribution in [2.45, 2.75) is 12.8 Å². The van der Waals surface area contributed by atoms with E-state index in [1.54, 1.807) is 7.11 Å². The topological polar surface area (TPSA) is 71.5 Å². The first kappa shape index (κ1) is 17.0. The third-order valence-corrected chi connectivity index (χ3v) is 4.48. The van der Waals surface area contributed by atoms with E-state index in [0.717, 1.165) is 33.4 Å². The molecular weight excluding hydrogens is 336 g/mol. The molecule has 1 heterocycles. The van der Waals surface area contributed by atoms with E-state index in [0.29, 0.717) is 6.42 Å². The molecule has 0 spiro atoms.